The molecule has 0 spiro atoms. The monoisotopic (exact) mass is 653 g/mol. The second-order valence-corrected chi connectivity index (χ2v) is 15.1. The quantitative estimate of drug-likeness (QED) is 0.171. The summed E-state index contributed by atoms with van der Waals surface area (Å²) in [5.41, 5.74) is 10.4. The normalized spacial score (nSPS) is 13.4. The maximum absolute atomic E-state index is 2.49. The molecule has 0 radical (unpaired) electrons. The van der Waals surface area contributed by atoms with Crippen molar-refractivity contribution in [3.05, 3.63) is 174 Å². The number of para-hydroxylation sites is 1. The molecule has 0 amide bonds. The molecule has 1 nitrogen and oxygen atoms in total. The van der Waals surface area contributed by atoms with Crippen molar-refractivity contribution >= 4 is 70.9 Å². The van der Waals surface area contributed by atoms with Gasteiger partial charge in [0.05, 0.1) is 5.69 Å². The molecule has 9 aromatic carbocycles. The van der Waals surface area contributed by atoms with E-state index in [1.807, 2.05) is 0 Å². The van der Waals surface area contributed by atoms with Crippen LogP contribution in [0, 0.1) is 0 Å². The first kappa shape index (κ1) is 29.9. The first-order chi connectivity index (χ1) is 24.9. The van der Waals surface area contributed by atoms with Crippen LogP contribution in [0.3, 0.4) is 0 Å². The fourth-order valence-electron chi connectivity index (χ4n) is 9.14. The van der Waals surface area contributed by atoms with Gasteiger partial charge in [-0.05, 0) is 113 Å². The van der Waals surface area contributed by atoms with Gasteiger partial charge in [0.1, 0.15) is 0 Å². The van der Waals surface area contributed by atoms with E-state index in [1.54, 1.807) is 0 Å². The highest BCUT2D eigenvalue weighted by atomic mass is 15.1. The van der Waals surface area contributed by atoms with E-state index >= 15 is 0 Å². The van der Waals surface area contributed by atoms with Crippen molar-refractivity contribution in [1.82, 2.24) is 0 Å². The van der Waals surface area contributed by atoms with Crippen LogP contribution in [0.15, 0.2) is 158 Å². The molecule has 0 aliphatic heterocycles. The molecule has 1 aliphatic carbocycles. The van der Waals surface area contributed by atoms with Crippen molar-refractivity contribution < 1.29 is 0 Å². The zero-order valence-electron chi connectivity index (χ0n) is 29.5. The number of anilines is 3. The average Bonchev–Trinajstić information content (AvgIpc) is 3.41. The smallest absolute Gasteiger partial charge is 0.0540 e. The minimum absolute atomic E-state index is 0.160. The second-order valence-electron chi connectivity index (χ2n) is 15.1. The Kier molecular flexibility index (Phi) is 6.48. The van der Waals surface area contributed by atoms with Crippen LogP contribution in [0.25, 0.3) is 65.0 Å². The van der Waals surface area contributed by atoms with Crippen LogP contribution in [0.4, 0.5) is 17.1 Å². The third-order valence-corrected chi connectivity index (χ3v) is 11.5. The van der Waals surface area contributed by atoms with Gasteiger partial charge in [-0.25, -0.2) is 0 Å². The lowest BCUT2D eigenvalue weighted by molar-refractivity contribution is 0.664. The van der Waals surface area contributed by atoms with Crippen molar-refractivity contribution in [2.75, 3.05) is 4.90 Å². The Hall–Kier alpha value is -5.92. The molecular formula is C50H39N. The molecule has 244 valence electrons. The van der Waals surface area contributed by atoms with Crippen molar-refractivity contribution in [1.29, 1.82) is 0 Å². The lowest BCUT2D eigenvalue weighted by atomic mass is 9.76. The zero-order chi connectivity index (χ0) is 34.4. The van der Waals surface area contributed by atoms with Crippen LogP contribution in [0.2, 0.25) is 0 Å². The molecule has 51 heavy (non-hydrogen) atoms. The minimum atomic E-state index is -0.160. The topological polar surface area (TPSA) is 3.24 Å². The van der Waals surface area contributed by atoms with E-state index in [9.17, 15) is 0 Å². The summed E-state index contributed by atoms with van der Waals surface area (Å²) in [5.74, 6) is 0.478. The SMILES string of the molecule is CC(C)c1ccc2c(c1)C(C)(C)c1c-2c2ccccc2c2c3ccc(N(c4ccccc4)c4cccc5ccccc45)cc3c3ccccc3c12. The Morgan fingerprint density at radius 2 is 1.10 bits per heavy atom. The summed E-state index contributed by atoms with van der Waals surface area (Å²) in [6, 6.07) is 58.8. The van der Waals surface area contributed by atoms with Crippen molar-refractivity contribution in [2.45, 2.75) is 39.0 Å². The second kappa shape index (κ2) is 11.0. The predicted octanol–water partition coefficient (Wildman–Crippen LogP) is 14.4. The third kappa shape index (κ3) is 4.28. The Labute approximate surface area is 299 Å². The van der Waals surface area contributed by atoms with E-state index in [0.717, 1.165) is 11.4 Å². The van der Waals surface area contributed by atoms with Gasteiger partial charge in [-0.15, -0.1) is 0 Å². The summed E-state index contributed by atoms with van der Waals surface area (Å²) in [4.78, 5) is 2.42. The molecule has 0 aromatic heterocycles. The molecule has 9 aromatic rings. The maximum atomic E-state index is 2.49. The average molecular weight is 654 g/mol. The first-order valence-corrected chi connectivity index (χ1v) is 18.2. The molecule has 0 bridgehead atoms. The number of hydrogen-bond acceptors (Lipinski definition) is 1. The van der Waals surface area contributed by atoms with E-state index < -0.39 is 0 Å². The van der Waals surface area contributed by atoms with E-state index in [2.05, 4.69) is 190 Å². The van der Waals surface area contributed by atoms with Gasteiger partial charge in [0.2, 0.25) is 0 Å². The first-order valence-electron chi connectivity index (χ1n) is 18.2. The van der Waals surface area contributed by atoms with Gasteiger partial charge in [-0.3, -0.25) is 0 Å². The lowest BCUT2D eigenvalue weighted by Gasteiger charge is -2.28. The summed E-state index contributed by atoms with van der Waals surface area (Å²) < 4.78 is 0. The molecule has 10 rings (SSSR count). The Balaban J connectivity index is 1.33. The third-order valence-electron chi connectivity index (χ3n) is 11.5. The van der Waals surface area contributed by atoms with Gasteiger partial charge in [0.15, 0.2) is 0 Å². The summed E-state index contributed by atoms with van der Waals surface area (Å²) in [7, 11) is 0. The Bertz CT molecular complexity index is 2850. The molecule has 0 atom stereocenters. The van der Waals surface area contributed by atoms with Crippen LogP contribution < -0.4 is 4.90 Å². The standard InChI is InChI=1S/C50H39N/c1-31(2)33-25-27-42-44(29-33)50(3,4)49-47(42)40-23-13-12-22-39(40)46-41-28-26-35(30-43(41)37-20-10-11-21-38(37)48(46)49)51(34-17-6-5-7-18-34)45-24-14-16-32-15-8-9-19-36(32)45/h5-31H,1-4H3. The number of fused-ring (bicyclic) bond motifs is 14. The Morgan fingerprint density at radius 3 is 1.86 bits per heavy atom. The van der Waals surface area contributed by atoms with E-state index in [-0.39, 0.29) is 5.41 Å². The lowest BCUT2D eigenvalue weighted by Crippen LogP contribution is -2.16. The van der Waals surface area contributed by atoms with Gasteiger partial charge in [-0.1, -0.05) is 155 Å². The predicted molar refractivity (Wildman–Crippen MR) is 220 cm³/mol. The van der Waals surface area contributed by atoms with Crippen molar-refractivity contribution in [3.63, 3.8) is 0 Å². The van der Waals surface area contributed by atoms with Crippen LogP contribution in [-0.2, 0) is 5.41 Å². The van der Waals surface area contributed by atoms with Gasteiger partial charge in [0, 0.05) is 22.2 Å². The molecule has 0 saturated carbocycles. The van der Waals surface area contributed by atoms with Crippen LogP contribution in [0.5, 0.6) is 0 Å². The highest BCUT2D eigenvalue weighted by molar-refractivity contribution is 6.35. The van der Waals surface area contributed by atoms with Crippen molar-refractivity contribution in [3.8, 4) is 11.1 Å². The molecule has 1 aliphatic rings. The number of hydrogen-bond donors (Lipinski definition) is 0. The number of nitrogens with zero attached hydrogens (tertiary/aromatic N) is 1. The van der Waals surface area contributed by atoms with Crippen LogP contribution in [-0.4, -0.2) is 0 Å². The molecule has 0 unspecified atom stereocenters. The summed E-state index contributed by atoms with van der Waals surface area (Å²) in [6.45, 7) is 9.49. The molecule has 1 heteroatoms. The van der Waals surface area contributed by atoms with E-state index in [1.165, 1.54) is 87.4 Å². The van der Waals surface area contributed by atoms with Gasteiger partial charge >= 0.3 is 0 Å². The molecule has 0 N–H and O–H groups in total. The fraction of sp³-hybridized carbons (Fsp3) is 0.120. The number of benzene rings is 9. The molecule has 0 saturated heterocycles. The van der Waals surface area contributed by atoms with E-state index in [4.69, 9.17) is 0 Å². The van der Waals surface area contributed by atoms with Gasteiger partial charge in [-0.2, -0.15) is 0 Å². The highest BCUT2D eigenvalue weighted by Gasteiger charge is 2.39. The van der Waals surface area contributed by atoms with Gasteiger partial charge < -0.3 is 4.90 Å². The van der Waals surface area contributed by atoms with Crippen molar-refractivity contribution in [2.24, 2.45) is 0 Å². The maximum Gasteiger partial charge on any atom is 0.0540 e. The fourth-order valence-corrected chi connectivity index (χ4v) is 9.14. The molecule has 0 heterocycles. The van der Waals surface area contributed by atoms with Crippen LogP contribution in [0.1, 0.15) is 50.3 Å². The minimum Gasteiger partial charge on any atom is -0.310 e. The summed E-state index contributed by atoms with van der Waals surface area (Å²) in [6.07, 6.45) is 0. The summed E-state index contributed by atoms with van der Waals surface area (Å²) >= 11 is 0. The number of rotatable bonds is 4. The highest BCUT2D eigenvalue weighted by Crippen LogP contribution is 2.57. The molecule has 0 fully saturated rings. The molecular weight excluding hydrogens is 615 g/mol. The van der Waals surface area contributed by atoms with Gasteiger partial charge in [0.25, 0.3) is 0 Å². The largest absolute Gasteiger partial charge is 0.310 e. The van der Waals surface area contributed by atoms with E-state index in [0.29, 0.717) is 5.92 Å². The summed E-state index contributed by atoms with van der Waals surface area (Å²) in [5, 5.41) is 13.1. The zero-order valence-corrected chi connectivity index (χ0v) is 29.5. The Morgan fingerprint density at radius 1 is 0.471 bits per heavy atom. The van der Waals surface area contributed by atoms with Crippen LogP contribution >= 0.6 is 0 Å².